The van der Waals surface area contributed by atoms with E-state index in [9.17, 15) is 9.59 Å². The van der Waals surface area contributed by atoms with Crippen molar-refractivity contribution in [2.45, 2.75) is 6.54 Å². The molecule has 5 nitrogen and oxygen atoms in total. The lowest BCUT2D eigenvalue weighted by molar-refractivity contribution is -0.122. The molecule has 2 amide bonds. The second kappa shape index (κ2) is 6.43. The zero-order chi connectivity index (χ0) is 20.1. The van der Waals surface area contributed by atoms with E-state index in [2.05, 4.69) is 5.32 Å². The molecule has 5 heteroatoms. The van der Waals surface area contributed by atoms with E-state index in [-0.39, 0.29) is 11.8 Å². The summed E-state index contributed by atoms with van der Waals surface area (Å²) in [7, 11) is 1.94. The lowest BCUT2D eigenvalue weighted by atomic mass is 9.92. The highest BCUT2D eigenvalue weighted by atomic mass is 16.2. The van der Waals surface area contributed by atoms with Crippen molar-refractivity contribution in [1.29, 1.82) is 0 Å². The average molecular weight is 381 g/mol. The number of aromatic nitrogens is 1. The predicted molar refractivity (Wildman–Crippen MR) is 115 cm³/mol. The van der Waals surface area contributed by atoms with Crippen LogP contribution < -0.4 is 11.1 Å². The van der Waals surface area contributed by atoms with Gasteiger partial charge in [-0.15, -0.1) is 0 Å². The summed E-state index contributed by atoms with van der Waals surface area (Å²) in [5.41, 5.74) is 10.1. The first kappa shape index (κ1) is 17.4. The van der Waals surface area contributed by atoms with Gasteiger partial charge in [0.1, 0.15) is 0 Å². The van der Waals surface area contributed by atoms with Gasteiger partial charge in [-0.1, -0.05) is 48.5 Å². The topological polar surface area (TPSA) is 77.1 Å². The second-order valence-corrected chi connectivity index (χ2v) is 7.27. The van der Waals surface area contributed by atoms with Crippen LogP contribution in [0.5, 0.6) is 0 Å². The van der Waals surface area contributed by atoms with Crippen LogP contribution in [0.3, 0.4) is 0 Å². The summed E-state index contributed by atoms with van der Waals surface area (Å²) in [6.45, 7) is 0.407. The monoisotopic (exact) mass is 381 g/mol. The SMILES string of the molecule is Cn1cc(C2=C(c3cccc4ccc(CN)cc34)C(=O)NC2=O)c2ccccc21. The van der Waals surface area contributed by atoms with Crippen molar-refractivity contribution in [3.63, 3.8) is 0 Å². The molecule has 0 spiro atoms. The van der Waals surface area contributed by atoms with E-state index in [0.29, 0.717) is 17.7 Å². The number of benzene rings is 3. The molecule has 4 aromatic rings. The van der Waals surface area contributed by atoms with Crippen LogP contribution in [-0.4, -0.2) is 16.4 Å². The molecule has 0 aliphatic carbocycles. The Balaban J connectivity index is 1.86. The van der Waals surface area contributed by atoms with Crippen LogP contribution in [0.1, 0.15) is 16.7 Å². The number of amides is 2. The third-order valence-corrected chi connectivity index (χ3v) is 5.55. The Morgan fingerprint density at radius 3 is 2.41 bits per heavy atom. The predicted octanol–water partition coefficient (Wildman–Crippen LogP) is 3.36. The molecule has 1 aromatic heterocycles. The number of hydrogen-bond acceptors (Lipinski definition) is 3. The number of carbonyl (C=O) groups excluding carboxylic acids is 2. The molecular formula is C24H19N3O2. The van der Waals surface area contributed by atoms with E-state index >= 15 is 0 Å². The molecule has 0 fully saturated rings. The van der Waals surface area contributed by atoms with Gasteiger partial charge in [-0.05, 0) is 34.0 Å². The highest BCUT2D eigenvalue weighted by molar-refractivity contribution is 6.50. The normalized spacial score (nSPS) is 14.3. The minimum atomic E-state index is -0.372. The Labute approximate surface area is 167 Å². The molecule has 29 heavy (non-hydrogen) atoms. The first-order valence-electron chi connectivity index (χ1n) is 9.45. The number of fused-ring (bicyclic) bond motifs is 2. The number of aryl methyl sites for hydroxylation is 1. The van der Waals surface area contributed by atoms with E-state index in [4.69, 9.17) is 5.73 Å². The van der Waals surface area contributed by atoms with Crippen molar-refractivity contribution in [3.05, 3.63) is 83.6 Å². The fraction of sp³-hybridized carbons (Fsp3) is 0.0833. The van der Waals surface area contributed by atoms with Crippen LogP contribution in [0.2, 0.25) is 0 Å². The molecule has 2 heterocycles. The van der Waals surface area contributed by atoms with Gasteiger partial charge in [0.05, 0.1) is 11.1 Å². The Bertz CT molecular complexity index is 1360. The van der Waals surface area contributed by atoms with E-state index in [0.717, 1.165) is 38.4 Å². The van der Waals surface area contributed by atoms with E-state index in [1.807, 2.05) is 78.5 Å². The van der Waals surface area contributed by atoms with Crippen LogP contribution in [0.15, 0.2) is 66.9 Å². The molecule has 0 bridgehead atoms. The molecule has 3 aromatic carbocycles. The van der Waals surface area contributed by atoms with E-state index in [1.165, 1.54) is 0 Å². The molecule has 142 valence electrons. The molecule has 0 saturated heterocycles. The van der Waals surface area contributed by atoms with Crippen molar-refractivity contribution >= 4 is 44.6 Å². The Morgan fingerprint density at radius 1 is 0.862 bits per heavy atom. The average Bonchev–Trinajstić information content (AvgIpc) is 3.22. The molecule has 1 aliphatic rings. The number of rotatable bonds is 3. The van der Waals surface area contributed by atoms with Gasteiger partial charge in [0.2, 0.25) is 0 Å². The van der Waals surface area contributed by atoms with Gasteiger partial charge in [-0.2, -0.15) is 0 Å². The molecule has 3 N–H and O–H groups in total. The van der Waals surface area contributed by atoms with Crippen LogP contribution >= 0.6 is 0 Å². The van der Waals surface area contributed by atoms with Gasteiger partial charge in [-0.3, -0.25) is 14.9 Å². The Kier molecular flexibility index (Phi) is 3.86. The van der Waals surface area contributed by atoms with E-state index in [1.54, 1.807) is 0 Å². The molecule has 0 saturated carbocycles. The number of hydrogen-bond donors (Lipinski definition) is 2. The van der Waals surface area contributed by atoms with Crippen molar-refractivity contribution in [3.8, 4) is 0 Å². The number of nitrogens with two attached hydrogens (primary N) is 1. The summed E-state index contributed by atoms with van der Waals surface area (Å²) in [6, 6.07) is 19.6. The molecule has 0 unspecified atom stereocenters. The summed E-state index contributed by atoms with van der Waals surface area (Å²) < 4.78 is 1.97. The number of nitrogens with zero attached hydrogens (tertiary/aromatic N) is 1. The van der Waals surface area contributed by atoms with Crippen LogP contribution in [0.4, 0.5) is 0 Å². The first-order chi connectivity index (χ1) is 14.1. The molecule has 5 rings (SSSR count). The number of para-hydroxylation sites is 1. The zero-order valence-corrected chi connectivity index (χ0v) is 15.9. The smallest absolute Gasteiger partial charge is 0.259 e. The van der Waals surface area contributed by atoms with Gasteiger partial charge in [-0.25, -0.2) is 0 Å². The summed E-state index contributed by atoms with van der Waals surface area (Å²) in [5, 5.41) is 5.34. The largest absolute Gasteiger partial charge is 0.350 e. The van der Waals surface area contributed by atoms with Crippen molar-refractivity contribution < 1.29 is 9.59 Å². The van der Waals surface area contributed by atoms with Gasteiger partial charge in [0.15, 0.2) is 0 Å². The molecule has 0 atom stereocenters. The van der Waals surface area contributed by atoms with E-state index < -0.39 is 0 Å². The molecular weight excluding hydrogens is 362 g/mol. The Morgan fingerprint density at radius 2 is 1.62 bits per heavy atom. The second-order valence-electron chi connectivity index (χ2n) is 7.27. The van der Waals surface area contributed by atoms with Crippen molar-refractivity contribution in [1.82, 2.24) is 9.88 Å². The maximum absolute atomic E-state index is 12.9. The summed E-state index contributed by atoms with van der Waals surface area (Å²) in [6.07, 6.45) is 1.91. The van der Waals surface area contributed by atoms with Crippen LogP contribution in [0, 0.1) is 0 Å². The lowest BCUT2D eigenvalue weighted by Gasteiger charge is -2.10. The molecule has 0 radical (unpaired) electrons. The number of carbonyl (C=O) groups is 2. The standard InChI is InChI=1S/C24H19N3O2/c1-27-13-19(16-6-2-3-8-20(16)27)22-21(23(28)26-24(22)29)17-7-4-5-15-10-9-14(12-25)11-18(15)17/h2-11,13H,12,25H2,1H3,(H,26,28,29). The quantitative estimate of drug-likeness (QED) is 0.534. The zero-order valence-electron chi connectivity index (χ0n) is 15.9. The fourth-order valence-electron chi connectivity index (χ4n) is 4.17. The first-order valence-corrected chi connectivity index (χ1v) is 9.45. The Hall–Kier alpha value is -3.70. The van der Waals surface area contributed by atoms with Gasteiger partial charge < -0.3 is 10.3 Å². The highest BCUT2D eigenvalue weighted by Gasteiger charge is 2.34. The van der Waals surface area contributed by atoms with Gasteiger partial charge in [0.25, 0.3) is 11.8 Å². The van der Waals surface area contributed by atoms with Gasteiger partial charge >= 0.3 is 0 Å². The summed E-state index contributed by atoms with van der Waals surface area (Å²) in [4.78, 5) is 25.8. The lowest BCUT2D eigenvalue weighted by Crippen LogP contribution is -2.22. The van der Waals surface area contributed by atoms with Crippen molar-refractivity contribution in [2.24, 2.45) is 12.8 Å². The van der Waals surface area contributed by atoms with Gasteiger partial charge in [0, 0.05) is 36.3 Å². The third kappa shape index (κ3) is 2.59. The summed E-state index contributed by atoms with van der Waals surface area (Å²) >= 11 is 0. The maximum atomic E-state index is 12.9. The summed E-state index contributed by atoms with van der Waals surface area (Å²) in [5.74, 6) is -0.739. The van der Waals surface area contributed by atoms with Crippen LogP contribution in [0.25, 0.3) is 32.8 Å². The fourth-order valence-corrected chi connectivity index (χ4v) is 4.17. The van der Waals surface area contributed by atoms with Crippen molar-refractivity contribution in [2.75, 3.05) is 0 Å². The number of nitrogens with one attached hydrogen (secondary N) is 1. The number of imide groups is 1. The van der Waals surface area contributed by atoms with Crippen LogP contribution in [-0.2, 0) is 23.2 Å². The minimum Gasteiger partial charge on any atom is -0.350 e. The maximum Gasteiger partial charge on any atom is 0.259 e. The minimum absolute atomic E-state index is 0.367. The highest BCUT2D eigenvalue weighted by Crippen LogP contribution is 2.38. The third-order valence-electron chi connectivity index (χ3n) is 5.55. The molecule has 1 aliphatic heterocycles.